The van der Waals surface area contributed by atoms with Crippen LogP contribution in [0.2, 0.25) is 0 Å². The lowest BCUT2D eigenvalue weighted by molar-refractivity contribution is -0.207. The second-order valence-corrected chi connectivity index (χ2v) is 43.1. The summed E-state index contributed by atoms with van der Waals surface area (Å²) in [4.78, 5) is 96.0. The van der Waals surface area contributed by atoms with Crippen molar-refractivity contribution in [3.63, 3.8) is 0 Å². The molecule has 11 aliphatic rings. The van der Waals surface area contributed by atoms with Crippen LogP contribution in [-0.2, 0) is 106 Å². The lowest BCUT2D eigenvalue weighted by Crippen LogP contribution is -2.72. The summed E-state index contributed by atoms with van der Waals surface area (Å²) < 4.78 is 108. The van der Waals surface area contributed by atoms with Gasteiger partial charge < -0.3 is 39.1 Å². The van der Waals surface area contributed by atoms with E-state index < -0.39 is 121 Å². The number of hydrogen-bond donors (Lipinski definition) is 4. The van der Waals surface area contributed by atoms with Crippen LogP contribution in [0.25, 0.3) is 31.3 Å². The average Bonchev–Trinajstić information content (AvgIpc) is 1.46. The maximum atomic E-state index is 14.5. The van der Waals surface area contributed by atoms with Crippen molar-refractivity contribution in [2.45, 2.75) is 120 Å². The van der Waals surface area contributed by atoms with Gasteiger partial charge in [-0.3, -0.25) is 43.5 Å². The molecule has 35 nitrogen and oxygen atoms in total. The number of benzene rings is 9. The van der Waals surface area contributed by atoms with Gasteiger partial charge in [0, 0.05) is 106 Å². The fourth-order valence-corrected chi connectivity index (χ4v) is 29.0. The van der Waals surface area contributed by atoms with Crippen molar-refractivity contribution in [2.24, 2.45) is 15.3 Å². The number of para-hydroxylation sites is 3. The van der Waals surface area contributed by atoms with E-state index >= 15 is 0 Å². The monoisotopic (exact) mass is 2000 g/mol. The molecule has 0 unspecified atom stereocenters. The van der Waals surface area contributed by atoms with Gasteiger partial charge in [0.15, 0.2) is 20.5 Å². The van der Waals surface area contributed by atoms with Gasteiger partial charge in [-0.05, 0) is 160 Å². The molecule has 12 atom stereocenters. The Morgan fingerprint density at radius 3 is 1.17 bits per heavy atom. The number of aliphatic hydroxyl groups is 2. The van der Waals surface area contributed by atoms with Gasteiger partial charge in [-0.15, -0.1) is 25.3 Å². The van der Waals surface area contributed by atoms with Gasteiger partial charge in [0.25, 0.3) is 65.5 Å². The van der Waals surface area contributed by atoms with Crippen molar-refractivity contribution >= 4 is 174 Å². The first-order valence-corrected chi connectivity index (χ1v) is 51.2. The molecule has 6 amide bonds. The number of ether oxygens (including phenoxy) is 3. The Morgan fingerprint density at radius 2 is 0.789 bits per heavy atom. The lowest BCUT2D eigenvalue weighted by Gasteiger charge is -2.53. The first-order valence-electron chi connectivity index (χ1n) is 41.0. The molecular weight excluding hydrogens is 1920 g/mol. The van der Waals surface area contributed by atoms with E-state index in [0.29, 0.717) is 103 Å². The average molecular weight is 2010 g/mol. The van der Waals surface area contributed by atoms with Crippen LogP contribution in [0, 0.1) is 0 Å². The largest absolute Gasteiger partial charge is 0.494 e. The molecule has 46 heteroatoms. The predicted octanol–water partition coefficient (Wildman–Crippen LogP) is 11.3. The summed E-state index contributed by atoms with van der Waals surface area (Å²) in [5.41, 5.74) is 24.4. The number of piperazine rings is 3. The number of nitrogens with zero attached hydrogens (tertiary/aromatic N) is 18. The van der Waals surface area contributed by atoms with Crippen LogP contribution in [0.3, 0.4) is 0 Å². The Bertz CT molecular complexity index is 6270. The van der Waals surface area contributed by atoms with E-state index in [0.717, 1.165) is 34.1 Å². The second kappa shape index (κ2) is 37.9. The van der Waals surface area contributed by atoms with Gasteiger partial charge in [0.05, 0.1) is 67.8 Å². The molecule has 2 bridgehead atoms. The highest BCUT2D eigenvalue weighted by Gasteiger charge is 2.79. The van der Waals surface area contributed by atoms with Crippen LogP contribution < -0.4 is 27.1 Å². The smallest absolute Gasteiger partial charge is 0.278 e. The van der Waals surface area contributed by atoms with Crippen LogP contribution in [0.1, 0.15) is 71.9 Å². The molecule has 2 N–H and O–H groups in total. The fraction of sp³-hybridized carbons (Fsp3) is 0.310. The fourth-order valence-electron chi connectivity index (χ4n) is 19.7. The molecule has 8 saturated heterocycles. The highest BCUT2D eigenvalue weighted by molar-refractivity contribution is 8.78. The number of likely N-dealkylation sites (N-methyl/N-ethyl adjacent to an activating group) is 3. The van der Waals surface area contributed by atoms with Gasteiger partial charge >= 0.3 is 0 Å². The van der Waals surface area contributed by atoms with Gasteiger partial charge in [0.1, 0.15) is 35.7 Å². The number of aliphatic hydroxyl groups excluding tert-OH is 1. The first-order chi connectivity index (χ1) is 63.4. The molecule has 133 heavy (non-hydrogen) atoms. The quantitative estimate of drug-likeness (QED) is 0.0109. The van der Waals surface area contributed by atoms with E-state index in [9.17, 15) is 64.2 Å². The van der Waals surface area contributed by atoms with E-state index in [-0.39, 0.29) is 71.5 Å². The number of amides is 6. The van der Waals surface area contributed by atoms with Gasteiger partial charge in [0.2, 0.25) is 12.0 Å². The molecule has 0 saturated carbocycles. The van der Waals surface area contributed by atoms with E-state index in [1.807, 2.05) is 60.7 Å². The third kappa shape index (κ3) is 15.6. The normalized spacial score (nSPS) is 25.7. The molecular formula is C87H84N18O17S11. The Kier molecular flexibility index (Phi) is 27.4. The van der Waals surface area contributed by atoms with Crippen molar-refractivity contribution in [3.05, 3.63) is 301 Å². The summed E-state index contributed by atoms with van der Waals surface area (Å²) in [6.45, 7) is 1.90. The number of sulfonamides is 3. The Balaban J connectivity index is 0.000000149. The molecule has 8 fully saturated rings. The topological polar surface area (TPSA) is 448 Å². The van der Waals surface area contributed by atoms with Crippen molar-refractivity contribution in [1.29, 1.82) is 0 Å². The van der Waals surface area contributed by atoms with Crippen molar-refractivity contribution in [3.8, 4) is 17.2 Å². The van der Waals surface area contributed by atoms with Crippen LogP contribution in [0.5, 0.6) is 17.2 Å². The Labute approximate surface area is 803 Å². The SMILES string of the molecule is CN1C(=O)[C@@]2(S)C[C@]3(c4ccc(OCCCN=[N+]=[N-])cc4)c4ccccc4N(S(=O)(=O)c4ccccc4)[C@@H]3N2C(=O)[C@@H]1S.CN1C(=O)[C@@]23C[C@]4(c5ccc(OCCCN=[N+]=[N-])cc5)c5ccccc5N(S(=O)(=O)c5ccccc5)[C@@H]4N2C(=O)[C@@H]1SS3.CN1C(=O)[C@]2(O)C[C@]3(c4ccc(OCCCN=[N+]=[N-])cc4)c4ccccc4N(S(=O)(=O)c4ccccc4)[C@@H]3N2C(=O)[C@H]1O.S.S=S=S. The van der Waals surface area contributed by atoms with E-state index in [1.54, 1.807) is 164 Å². The van der Waals surface area contributed by atoms with E-state index in [2.05, 4.69) is 65.1 Å². The number of thiol groups is 2. The minimum atomic E-state index is -4.37. The third-order valence-corrected chi connectivity index (χ3v) is 35.0. The lowest BCUT2D eigenvalue weighted by atomic mass is 9.72. The summed E-state index contributed by atoms with van der Waals surface area (Å²) in [7, 11) is -4.81. The number of anilines is 3. The van der Waals surface area contributed by atoms with E-state index in [1.165, 1.54) is 83.3 Å². The highest BCUT2D eigenvalue weighted by atomic mass is 33.1. The third-order valence-electron chi connectivity index (χ3n) is 25.3. The zero-order valence-electron chi connectivity index (χ0n) is 70.7. The first kappa shape index (κ1) is 96.3. The summed E-state index contributed by atoms with van der Waals surface area (Å²) in [6, 6.07) is 66.5. The molecule has 0 radical (unpaired) electrons. The van der Waals surface area contributed by atoms with Crippen LogP contribution in [0.15, 0.2) is 267 Å². The molecule has 690 valence electrons. The molecule has 0 aromatic heterocycles. The number of rotatable bonds is 24. The highest BCUT2D eigenvalue weighted by Crippen LogP contribution is 2.71. The maximum absolute atomic E-state index is 14.5. The Morgan fingerprint density at radius 1 is 0.451 bits per heavy atom. The number of azide groups is 3. The summed E-state index contributed by atoms with van der Waals surface area (Å²) >= 11 is 17.6. The van der Waals surface area contributed by atoms with Crippen molar-refractivity contribution in [1.82, 2.24) is 29.4 Å². The van der Waals surface area contributed by atoms with Crippen molar-refractivity contribution in [2.75, 3.05) is 73.5 Å². The molecule has 11 aliphatic heterocycles. The van der Waals surface area contributed by atoms with Gasteiger partial charge in [-0.1, -0.05) is 183 Å². The van der Waals surface area contributed by atoms with Crippen LogP contribution >= 0.6 is 60.3 Å². The molecule has 1 spiro atoms. The Hall–Kier alpha value is -11.3. The van der Waals surface area contributed by atoms with Crippen LogP contribution in [0.4, 0.5) is 17.1 Å². The summed E-state index contributed by atoms with van der Waals surface area (Å²) in [5, 5.41) is 31.4. The molecule has 9 aromatic rings. The number of fused-ring (bicyclic) bond motifs is 15. The zero-order chi connectivity index (χ0) is 93.8. The molecule has 11 heterocycles. The van der Waals surface area contributed by atoms with E-state index in [4.69, 9.17) is 43.4 Å². The van der Waals surface area contributed by atoms with Gasteiger partial charge in [-0.2, -0.15) is 13.5 Å². The van der Waals surface area contributed by atoms with Crippen molar-refractivity contribution < 1.29 is 78.4 Å². The molecule has 9 aromatic carbocycles. The second-order valence-electron chi connectivity index (χ2n) is 32.1. The maximum Gasteiger partial charge on any atom is 0.278 e. The minimum Gasteiger partial charge on any atom is -0.494 e. The predicted molar refractivity (Wildman–Crippen MR) is 515 cm³/mol. The summed E-state index contributed by atoms with van der Waals surface area (Å²) in [5.74, 6) is -1.72. The molecule has 0 aliphatic carbocycles. The summed E-state index contributed by atoms with van der Waals surface area (Å²) in [6.07, 6.45) is -4.06. The number of hydrogen-bond acceptors (Lipinski definition) is 26. The minimum absolute atomic E-state index is 0. The standard InChI is InChI=1S/C29H28N6O7S.C29H26N6O5S3.C29H28N6O5S3.S3.H2S/c1-33-24(36)25(37)34-26-28(18-29(34,39)27(33)38,19-12-14-20(15-13-19)42-17-7-16-31-32-30)22-10-5-6-11-23(22)35(26)43(40,41)21-8-3-2-4-9-21;1-33-25-24(36)34-26-28(18-29(34,27(33)37)42-41-25,19-12-14-20(15-13-19)40-17-7-16-31-32-30)22-10-5-6-11-23(22)35(26)43(38,39)21-8-3-2-4-9-21;1-33-25(41)24(36)34-26-28(18-29(34,42)27(33)37,19-12-14-20(15-13-19)40-17-7-16-31-32-30)22-10-5-6-11-23(22)35(26)43(38,39)21-8-3-2-4-9-21;1-3-2;/h2-6,8-15,24,26,36,39H,7,16-18H2,1H3;2-6,8-15,25-26H,7,16-18H2,1H3;2-6,8-15,25-26,41-42H,7,16-18H2,1H3;;1H2/t24-,26+,28+,29-;2*25-,26-,28-,29-;;/m100../s1. The molecule has 20 rings (SSSR count). The van der Waals surface area contributed by atoms with Gasteiger partial charge in [-0.25, -0.2) is 38.2 Å². The number of carbonyl (C=O) groups excluding carboxylic acids is 6. The number of carbonyl (C=O) groups is 6. The zero-order valence-corrected chi connectivity index (χ0v) is 80.0. The van der Waals surface area contributed by atoms with Crippen LogP contribution in [-0.4, -0.2) is 212 Å².